The van der Waals surface area contributed by atoms with E-state index in [9.17, 15) is 15.0 Å². The lowest BCUT2D eigenvalue weighted by molar-refractivity contribution is -0.123. The smallest absolute Gasteiger partial charge is 0.220 e. The van der Waals surface area contributed by atoms with Crippen LogP contribution >= 0.6 is 0 Å². The van der Waals surface area contributed by atoms with Crippen molar-refractivity contribution >= 4 is 5.91 Å². The van der Waals surface area contributed by atoms with Crippen molar-refractivity contribution in [1.82, 2.24) is 5.32 Å². The van der Waals surface area contributed by atoms with E-state index < -0.39 is 12.1 Å². The van der Waals surface area contributed by atoms with Crippen LogP contribution in [-0.4, -0.2) is 34.9 Å². The summed E-state index contributed by atoms with van der Waals surface area (Å²) < 4.78 is 0. The molecular weight excluding hydrogens is 891 g/mol. The third-order valence-electron chi connectivity index (χ3n) is 15.9. The van der Waals surface area contributed by atoms with Gasteiger partial charge < -0.3 is 15.5 Å². The molecule has 2 unspecified atom stereocenters. The molecule has 0 aromatic rings. The van der Waals surface area contributed by atoms with E-state index >= 15 is 0 Å². The number of carbonyl (C=O) groups is 1. The molecule has 0 aliphatic heterocycles. The van der Waals surface area contributed by atoms with Gasteiger partial charge in [0.05, 0.1) is 18.8 Å². The summed E-state index contributed by atoms with van der Waals surface area (Å²) in [6, 6.07) is -0.645. The van der Waals surface area contributed by atoms with E-state index in [1.165, 1.54) is 321 Å². The fourth-order valence-corrected chi connectivity index (χ4v) is 10.7. The number of aliphatic hydroxyl groups is 2. The maximum Gasteiger partial charge on any atom is 0.220 e. The van der Waals surface area contributed by atoms with Gasteiger partial charge in [-0.3, -0.25) is 4.79 Å². The first-order chi connectivity index (χ1) is 36.2. The number of carbonyl (C=O) groups excluding carboxylic acids is 1. The van der Waals surface area contributed by atoms with Crippen LogP contribution in [0.1, 0.15) is 380 Å². The number of hydrogen-bond acceptors (Lipinski definition) is 3. The summed E-state index contributed by atoms with van der Waals surface area (Å²) in [6.07, 6.45) is 89.4. The SMILES string of the molecule is CCCCCCCCCCCCCCCCCCCCCCC/C=C/CC/C=C/CC/C=C/C(O)C(CO)NC(=O)CCCCCCCCCCCCCCCCCCCCCCCCCCCCCCCC. The molecule has 2 atom stereocenters. The average molecular weight is 1020 g/mol. The van der Waals surface area contributed by atoms with Crippen LogP contribution in [0.4, 0.5) is 0 Å². The molecule has 0 rings (SSSR count). The molecule has 0 fully saturated rings. The van der Waals surface area contributed by atoms with E-state index in [1.54, 1.807) is 6.08 Å². The quantitative estimate of drug-likeness (QED) is 0.0420. The maximum absolute atomic E-state index is 12.5. The van der Waals surface area contributed by atoms with Crippen molar-refractivity contribution in [2.75, 3.05) is 6.61 Å². The Hall–Kier alpha value is -1.39. The lowest BCUT2D eigenvalue weighted by Crippen LogP contribution is -2.45. The Labute approximate surface area is 459 Å². The van der Waals surface area contributed by atoms with Crippen molar-refractivity contribution in [3.8, 4) is 0 Å². The molecule has 3 N–H and O–H groups in total. The van der Waals surface area contributed by atoms with Gasteiger partial charge >= 0.3 is 0 Å². The van der Waals surface area contributed by atoms with Gasteiger partial charge in [0, 0.05) is 6.42 Å². The van der Waals surface area contributed by atoms with Crippen molar-refractivity contribution < 1.29 is 15.0 Å². The van der Waals surface area contributed by atoms with Gasteiger partial charge in [-0.25, -0.2) is 0 Å². The van der Waals surface area contributed by atoms with Gasteiger partial charge in [0.15, 0.2) is 0 Å². The molecule has 1 amide bonds. The second-order valence-corrected chi connectivity index (χ2v) is 23.2. The molecule has 0 spiro atoms. The van der Waals surface area contributed by atoms with Gasteiger partial charge in [-0.05, 0) is 44.9 Å². The standard InChI is InChI=1S/C69H133NO3/c1-3-5-7-9-11-13-15-17-19-21-23-25-27-29-31-33-35-36-38-40-42-44-46-48-50-52-54-56-58-60-62-64-68(72)67(66-71)70-69(73)65-63-61-59-57-55-53-51-49-47-45-43-41-39-37-34-32-30-28-26-24-22-20-18-16-14-12-10-8-6-4-2/h46,48,54,56,62,64,67-68,71-72H,3-45,47,49-53,55,57-61,63,65-66H2,1-2H3,(H,70,73)/b48-46+,56-54+,64-62+. The van der Waals surface area contributed by atoms with Crippen molar-refractivity contribution in [1.29, 1.82) is 0 Å². The minimum absolute atomic E-state index is 0.0698. The third-order valence-corrected chi connectivity index (χ3v) is 15.9. The predicted molar refractivity (Wildman–Crippen MR) is 327 cm³/mol. The lowest BCUT2D eigenvalue weighted by atomic mass is 10.0. The highest BCUT2D eigenvalue weighted by atomic mass is 16.3. The van der Waals surface area contributed by atoms with Crippen molar-refractivity contribution in [3.05, 3.63) is 36.5 Å². The van der Waals surface area contributed by atoms with Gasteiger partial charge in [0.1, 0.15) is 0 Å². The molecule has 432 valence electrons. The van der Waals surface area contributed by atoms with E-state index in [0.717, 1.165) is 38.5 Å². The normalized spacial score (nSPS) is 12.9. The summed E-state index contributed by atoms with van der Waals surface area (Å²) in [5.74, 6) is -0.0698. The molecule has 0 heterocycles. The first kappa shape index (κ1) is 71.6. The number of aliphatic hydroxyl groups excluding tert-OH is 2. The molecule has 73 heavy (non-hydrogen) atoms. The molecule has 4 heteroatoms. The molecule has 0 aliphatic carbocycles. The minimum Gasteiger partial charge on any atom is -0.394 e. The van der Waals surface area contributed by atoms with Crippen LogP contribution in [0.5, 0.6) is 0 Å². The highest BCUT2D eigenvalue weighted by molar-refractivity contribution is 5.76. The maximum atomic E-state index is 12.5. The summed E-state index contributed by atoms with van der Waals surface area (Å²) in [5, 5.41) is 23.2. The summed E-state index contributed by atoms with van der Waals surface area (Å²) in [5.41, 5.74) is 0. The number of nitrogens with one attached hydrogen (secondary N) is 1. The van der Waals surface area contributed by atoms with Crippen molar-refractivity contribution in [2.45, 2.75) is 392 Å². The second-order valence-electron chi connectivity index (χ2n) is 23.2. The Morgan fingerprint density at radius 2 is 0.534 bits per heavy atom. The fraction of sp³-hybridized carbons (Fsp3) is 0.899. The molecule has 4 nitrogen and oxygen atoms in total. The van der Waals surface area contributed by atoms with E-state index in [2.05, 4.69) is 43.5 Å². The Morgan fingerprint density at radius 1 is 0.315 bits per heavy atom. The zero-order valence-electron chi connectivity index (χ0n) is 49.9. The van der Waals surface area contributed by atoms with Crippen LogP contribution in [-0.2, 0) is 4.79 Å². The predicted octanol–water partition coefficient (Wildman–Crippen LogP) is 22.8. The van der Waals surface area contributed by atoms with Crippen molar-refractivity contribution in [3.63, 3.8) is 0 Å². The first-order valence-corrected chi connectivity index (χ1v) is 33.7. The minimum atomic E-state index is -0.870. The number of allylic oxidation sites excluding steroid dienone is 5. The molecule has 0 bridgehead atoms. The average Bonchev–Trinajstić information content (AvgIpc) is 3.40. The Morgan fingerprint density at radius 3 is 0.795 bits per heavy atom. The highest BCUT2D eigenvalue weighted by Crippen LogP contribution is 2.19. The molecule has 0 saturated heterocycles. The van der Waals surface area contributed by atoms with Gasteiger partial charge in [-0.15, -0.1) is 0 Å². The van der Waals surface area contributed by atoms with Gasteiger partial charge in [0.2, 0.25) is 5.91 Å². The van der Waals surface area contributed by atoms with Crippen LogP contribution in [0.3, 0.4) is 0 Å². The lowest BCUT2D eigenvalue weighted by Gasteiger charge is -2.19. The van der Waals surface area contributed by atoms with E-state index in [-0.39, 0.29) is 12.5 Å². The Kier molecular flexibility index (Phi) is 63.7. The third kappa shape index (κ3) is 61.3. The number of rotatable bonds is 63. The number of unbranched alkanes of at least 4 members (excludes halogenated alkanes) is 52. The Bertz CT molecular complexity index is 1110. The van der Waals surface area contributed by atoms with Crippen LogP contribution in [0.25, 0.3) is 0 Å². The summed E-state index contributed by atoms with van der Waals surface area (Å²) in [4.78, 5) is 12.5. The van der Waals surface area contributed by atoms with E-state index in [4.69, 9.17) is 0 Å². The molecule has 0 aromatic carbocycles. The largest absolute Gasteiger partial charge is 0.394 e. The van der Waals surface area contributed by atoms with E-state index in [1.807, 2.05) is 6.08 Å². The monoisotopic (exact) mass is 1020 g/mol. The Balaban J connectivity index is 3.47. The van der Waals surface area contributed by atoms with Crippen LogP contribution in [0.15, 0.2) is 36.5 Å². The van der Waals surface area contributed by atoms with Gasteiger partial charge in [0.25, 0.3) is 0 Å². The van der Waals surface area contributed by atoms with Crippen LogP contribution < -0.4 is 5.32 Å². The number of amides is 1. The molecule has 0 aromatic heterocycles. The fourth-order valence-electron chi connectivity index (χ4n) is 10.7. The zero-order chi connectivity index (χ0) is 52.7. The first-order valence-electron chi connectivity index (χ1n) is 33.7. The van der Waals surface area contributed by atoms with E-state index in [0.29, 0.717) is 6.42 Å². The molecule has 0 saturated carbocycles. The topological polar surface area (TPSA) is 69.6 Å². The number of hydrogen-bond donors (Lipinski definition) is 3. The summed E-state index contributed by atoms with van der Waals surface area (Å²) in [6.45, 7) is 4.34. The van der Waals surface area contributed by atoms with Crippen LogP contribution in [0.2, 0.25) is 0 Å². The molecule has 0 radical (unpaired) electrons. The van der Waals surface area contributed by atoms with Crippen molar-refractivity contribution in [2.24, 2.45) is 0 Å². The summed E-state index contributed by atoms with van der Waals surface area (Å²) >= 11 is 0. The van der Waals surface area contributed by atoms with Gasteiger partial charge in [-0.2, -0.15) is 0 Å². The zero-order valence-corrected chi connectivity index (χ0v) is 49.9. The molecule has 0 aliphatic rings. The van der Waals surface area contributed by atoms with Crippen LogP contribution in [0, 0.1) is 0 Å². The molecular formula is C69H133NO3. The summed E-state index contributed by atoms with van der Waals surface area (Å²) in [7, 11) is 0. The highest BCUT2D eigenvalue weighted by Gasteiger charge is 2.18. The second kappa shape index (κ2) is 64.9. The van der Waals surface area contributed by atoms with Gasteiger partial charge in [-0.1, -0.05) is 365 Å².